The smallest absolute Gasteiger partial charge is 0.418 e. The summed E-state index contributed by atoms with van der Waals surface area (Å²) >= 11 is 5.76. The summed E-state index contributed by atoms with van der Waals surface area (Å²) in [4.78, 5) is 23.9. The molecule has 0 aromatic heterocycles. The van der Waals surface area contributed by atoms with Crippen LogP contribution in [0.2, 0.25) is 5.02 Å². The maximum atomic E-state index is 13.0. The largest absolute Gasteiger partial charge is 0.497 e. The number of carbonyl (C=O) groups excluding carboxylic acids is 2. The van der Waals surface area contributed by atoms with Crippen LogP contribution in [0.3, 0.4) is 0 Å². The van der Waals surface area contributed by atoms with Crippen molar-refractivity contribution < 1.29 is 37.0 Å². The van der Waals surface area contributed by atoms with Gasteiger partial charge in [-0.25, -0.2) is 0 Å². The monoisotopic (exact) mass is 431 g/mol. The molecule has 2 aromatic carbocycles. The van der Waals surface area contributed by atoms with Crippen molar-refractivity contribution in [3.63, 3.8) is 0 Å². The van der Waals surface area contributed by atoms with Gasteiger partial charge in [-0.3, -0.25) is 9.59 Å². The zero-order valence-electron chi connectivity index (χ0n) is 15.4. The number of ether oxygens (including phenoxy) is 3. The highest BCUT2D eigenvalue weighted by Gasteiger charge is 2.34. The predicted molar refractivity (Wildman–Crippen MR) is 99.3 cm³/mol. The lowest BCUT2D eigenvalue weighted by Crippen LogP contribution is -2.23. The van der Waals surface area contributed by atoms with Gasteiger partial charge in [-0.2, -0.15) is 13.2 Å². The summed E-state index contributed by atoms with van der Waals surface area (Å²) < 4.78 is 54.2. The van der Waals surface area contributed by atoms with Crippen molar-refractivity contribution in [2.45, 2.75) is 12.6 Å². The van der Waals surface area contributed by atoms with Crippen LogP contribution < -0.4 is 14.8 Å². The second-order valence-corrected chi connectivity index (χ2v) is 6.13. The Bertz CT molecular complexity index is 902. The Morgan fingerprint density at radius 3 is 2.45 bits per heavy atom. The van der Waals surface area contributed by atoms with Crippen molar-refractivity contribution in [2.24, 2.45) is 0 Å². The van der Waals surface area contributed by atoms with E-state index in [2.05, 4.69) is 0 Å². The second-order valence-electron chi connectivity index (χ2n) is 5.72. The molecular formula is C19H17ClF3NO5. The first kappa shape index (κ1) is 22.4. The molecule has 0 bridgehead atoms. The summed E-state index contributed by atoms with van der Waals surface area (Å²) in [5, 5.41) is 1.74. The Morgan fingerprint density at radius 1 is 1.10 bits per heavy atom. The Balaban J connectivity index is 1.99. The molecule has 0 aliphatic rings. The predicted octanol–water partition coefficient (Wildman–Crippen LogP) is 4.10. The van der Waals surface area contributed by atoms with Crippen LogP contribution in [-0.4, -0.2) is 32.7 Å². The highest BCUT2D eigenvalue weighted by Crippen LogP contribution is 2.38. The number of para-hydroxylation sites is 1. The van der Waals surface area contributed by atoms with Gasteiger partial charge in [0.1, 0.15) is 11.5 Å². The molecule has 29 heavy (non-hydrogen) atoms. The minimum Gasteiger partial charge on any atom is -0.497 e. The van der Waals surface area contributed by atoms with Gasteiger partial charge in [0.2, 0.25) is 0 Å². The van der Waals surface area contributed by atoms with Crippen LogP contribution in [0.5, 0.6) is 11.5 Å². The minimum absolute atomic E-state index is 0.208. The highest BCUT2D eigenvalue weighted by atomic mass is 35.5. The number of benzene rings is 2. The van der Waals surface area contributed by atoms with Gasteiger partial charge in [0.15, 0.2) is 6.61 Å². The van der Waals surface area contributed by atoms with E-state index in [9.17, 15) is 22.8 Å². The zero-order chi connectivity index (χ0) is 21.6. The lowest BCUT2D eigenvalue weighted by Gasteiger charge is -2.15. The molecule has 10 heteroatoms. The number of carbonyl (C=O) groups is 2. The number of rotatable bonds is 7. The van der Waals surface area contributed by atoms with Crippen LogP contribution in [0.4, 0.5) is 18.9 Å². The molecule has 0 aliphatic carbocycles. The molecule has 0 saturated carbocycles. The van der Waals surface area contributed by atoms with Crippen LogP contribution in [0, 0.1) is 0 Å². The molecule has 6 nitrogen and oxygen atoms in total. The van der Waals surface area contributed by atoms with Gasteiger partial charge in [-0.05, 0) is 18.2 Å². The lowest BCUT2D eigenvalue weighted by atomic mass is 10.1. The number of alkyl halides is 3. The van der Waals surface area contributed by atoms with Crippen molar-refractivity contribution in [1.82, 2.24) is 0 Å². The van der Waals surface area contributed by atoms with Crippen molar-refractivity contribution in [3.05, 3.63) is 52.5 Å². The number of methoxy groups -OCH3 is 2. The van der Waals surface area contributed by atoms with Crippen LogP contribution in [-0.2, 0) is 26.9 Å². The van der Waals surface area contributed by atoms with E-state index in [0.717, 1.165) is 12.1 Å². The Labute approximate surface area is 169 Å². The van der Waals surface area contributed by atoms with Crippen molar-refractivity contribution in [1.29, 1.82) is 0 Å². The number of amides is 1. The molecule has 2 aromatic rings. The SMILES string of the molecule is COc1ccc(CC(=O)OCC(=O)Nc2c(Cl)cccc2C(F)(F)F)c(OC)c1. The second kappa shape index (κ2) is 9.51. The quantitative estimate of drug-likeness (QED) is 0.668. The number of hydrogen-bond donors (Lipinski definition) is 1. The van der Waals surface area contributed by atoms with Crippen LogP contribution >= 0.6 is 11.6 Å². The molecule has 2 rings (SSSR count). The van der Waals surface area contributed by atoms with Gasteiger partial charge in [0, 0.05) is 11.6 Å². The molecule has 0 aliphatic heterocycles. The highest BCUT2D eigenvalue weighted by molar-refractivity contribution is 6.34. The first-order valence-corrected chi connectivity index (χ1v) is 8.55. The fourth-order valence-corrected chi connectivity index (χ4v) is 2.64. The summed E-state index contributed by atoms with van der Waals surface area (Å²) in [6, 6.07) is 7.89. The summed E-state index contributed by atoms with van der Waals surface area (Å²) in [6.45, 7) is -0.778. The lowest BCUT2D eigenvalue weighted by molar-refractivity contribution is -0.146. The number of anilines is 1. The Kier molecular flexibility index (Phi) is 7.33. The van der Waals surface area contributed by atoms with Crippen LogP contribution in [0.1, 0.15) is 11.1 Å². The number of esters is 1. The van der Waals surface area contributed by atoms with Gasteiger partial charge < -0.3 is 19.5 Å². The Morgan fingerprint density at radius 2 is 1.83 bits per heavy atom. The first-order chi connectivity index (χ1) is 13.7. The molecular weight excluding hydrogens is 415 g/mol. The maximum Gasteiger partial charge on any atom is 0.418 e. The summed E-state index contributed by atoms with van der Waals surface area (Å²) in [6.07, 6.45) is -4.92. The van der Waals surface area contributed by atoms with Gasteiger partial charge in [0.25, 0.3) is 5.91 Å². The van der Waals surface area contributed by atoms with Crippen molar-refractivity contribution in [3.8, 4) is 11.5 Å². The van der Waals surface area contributed by atoms with Gasteiger partial charge >= 0.3 is 12.1 Å². The maximum absolute atomic E-state index is 13.0. The molecule has 0 atom stereocenters. The fourth-order valence-electron chi connectivity index (χ4n) is 2.41. The van der Waals surface area contributed by atoms with E-state index in [0.29, 0.717) is 17.1 Å². The summed E-state index contributed by atoms with van der Waals surface area (Å²) in [5.41, 5.74) is -1.21. The molecule has 156 valence electrons. The van der Waals surface area contributed by atoms with E-state index < -0.39 is 35.9 Å². The van der Waals surface area contributed by atoms with E-state index in [1.54, 1.807) is 18.2 Å². The topological polar surface area (TPSA) is 73.9 Å². The Hall–Kier alpha value is -2.94. The normalized spacial score (nSPS) is 11.0. The average Bonchev–Trinajstić information content (AvgIpc) is 2.67. The number of hydrogen-bond acceptors (Lipinski definition) is 5. The molecule has 0 radical (unpaired) electrons. The van der Waals surface area contributed by atoms with E-state index in [4.69, 9.17) is 25.8 Å². The van der Waals surface area contributed by atoms with E-state index in [-0.39, 0.29) is 11.4 Å². The van der Waals surface area contributed by atoms with Crippen molar-refractivity contribution >= 4 is 29.2 Å². The third kappa shape index (κ3) is 6.02. The molecule has 0 heterocycles. The van der Waals surface area contributed by atoms with Crippen LogP contribution in [0.25, 0.3) is 0 Å². The van der Waals surface area contributed by atoms with E-state index in [1.165, 1.54) is 20.3 Å². The number of nitrogens with one attached hydrogen (secondary N) is 1. The third-order valence-electron chi connectivity index (χ3n) is 3.78. The first-order valence-electron chi connectivity index (χ1n) is 8.17. The van der Waals surface area contributed by atoms with E-state index in [1.807, 2.05) is 5.32 Å². The fraction of sp³-hybridized carbons (Fsp3) is 0.263. The van der Waals surface area contributed by atoms with Gasteiger partial charge in [-0.1, -0.05) is 23.7 Å². The summed E-state index contributed by atoms with van der Waals surface area (Å²) in [5.74, 6) is -0.812. The number of halogens is 4. The minimum atomic E-state index is -4.71. The molecule has 0 unspecified atom stereocenters. The van der Waals surface area contributed by atoms with Gasteiger partial charge in [-0.15, -0.1) is 0 Å². The van der Waals surface area contributed by atoms with Gasteiger partial charge in [0.05, 0.1) is 36.9 Å². The third-order valence-corrected chi connectivity index (χ3v) is 4.09. The molecule has 0 fully saturated rings. The average molecular weight is 432 g/mol. The molecule has 1 N–H and O–H groups in total. The van der Waals surface area contributed by atoms with E-state index >= 15 is 0 Å². The molecule has 0 saturated heterocycles. The van der Waals surface area contributed by atoms with Crippen molar-refractivity contribution in [2.75, 3.05) is 26.1 Å². The standard InChI is InChI=1S/C19H17ClF3NO5/c1-27-12-7-6-11(15(9-12)28-2)8-17(26)29-10-16(25)24-18-13(19(21,22)23)4-3-5-14(18)20/h3-7,9H,8,10H2,1-2H3,(H,24,25). The molecule has 1 amide bonds. The van der Waals surface area contributed by atoms with Crippen LogP contribution in [0.15, 0.2) is 36.4 Å². The zero-order valence-corrected chi connectivity index (χ0v) is 16.2. The molecule has 0 spiro atoms. The summed E-state index contributed by atoms with van der Waals surface area (Å²) in [7, 11) is 2.89.